The van der Waals surface area contributed by atoms with Gasteiger partial charge in [-0.3, -0.25) is 4.39 Å². The van der Waals surface area contributed by atoms with Crippen LogP contribution in [-0.2, 0) is 10.0 Å². The first-order chi connectivity index (χ1) is 9.56. The Bertz CT molecular complexity index is 553. The van der Waals surface area contributed by atoms with E-state index < -0.39 is 16.7 Å². The van der Waals surface area contributed by atoms with E-state index in [2.05, 4.69) is 5.32 Å². The molecule has 7 heteroatoms. The molecular formula is C13H18ClFN2O2S. The maximum absolute atomic E-state index is 12.3. The molecule has 0 amide bonds. The average Bonchev–Trinajstić information content (AvgIpc) is 2.46. The highest BCUT2D eigenvalue weighted by molar-refractivity contribution is 7.89. The van der Waals surface area contributed by atoms with Crippen LogP contribution in [-0.4, -0.2) is 44.8 Å². The summed E-state index contributed by atoms with van der Waals surface area (Å²) in [6.07, 6.45) is 0.0293. The molecule has 0 bridgehead atoms. The van der Waals surface area contributed by atoms with Crippen LogP contribution < -0.4 is 5.32 Å². The molecule has 1 aromatic rings. The summed E-state index contributed by atoms with van der Waals surface area (Å²) in [6.45, 7) is 0.862. The average molecular weight is 321 g/mol. The van der Waals surface area contributed by atoms with Gasteiger partial charge in [-0.25, -0.2) is 8.42 Å². The Morgan fingerprint density at radius 1 is 1.40 bits per heavy atom. The summed E-state index contributed by atoms with van der Waals surface area (Å²) >= 11 is 6.17. The second kappa shape index (κ2) is 6.85. The van der Waals surface area contributed by atoms with Crippen LogP contribution in [0.15, 0.2) is 24.3 Å². The zero-order valence-corrected chi connectivity index (χ0v) is 12.6. The van der Waals surface area contributed by atoms with E-state index in [1.807, 2.05) is 18.2 Å². The van der Waals surface area contributed by atoms with E-state index in [0.717, 1.165) is 5.56 Å². The van der Waals surface area contributed by atoms with Gasteiger partial charge in [0.1, 0.15) is 0 Å². The number of nitrogens with zero attached hydrogens (tertiary/aromatic N) is 1. The molecule has 4 nitrogen and oxygen atoms in total. The van der Waals surface area contributed by atoms with E-state index in [4.69, 9.17) is 11.6 Å². The fraction of sp³-hybridized carbons (Fsp3) is 0.538. The number of hydrogen-bond donors (Lipinski definition) is 1. The number of benzene rings is 1. The Morgan fingerprint density at radius 2 is 2.15 bits per heavy atom. The summed E-state index contributed by atoms with van der Waals surface area (Å²) < 4.78 is 38.4. The highest BCUT2D eigenvalue weighted by Gasteiger charge is 2.33. The normalized spacial score (nSPS) is 21.0. The van der Waals surface area contributed by atoms with Crippen molar-refractivity contribution in [2.45, 2.75) is 12.5 Å². The molecule has 20 heavy (non-hydrogen) atoms. The van der Waals surface area contributed by atoms with Crippen LogP contribution in [0.1, 0.15) is 18.0 Å². The quantitative estimate of drug-likeness (QED) is 0.902. The SMILES string of the molecule is O=S(=O)(CCCF)N1CCNCC1c1ccccc1Cl. The highest BCUT2D eigenvalue weighted by atomic mass is 35.5. The van der Waals surface area contributed by atoms with Crippen molar-refractivity contribution in [3.63, 3.8) is 0 Å². The maximum Gasteiger partial charge on any atom is 0.214 e. The van der Waals surface area contributed by atoms with Gasteiger partial charge in [-0.1, -0.05) is 29.8 Å². The molecule has 0 spiro atoms. The summed E-state index contributed by atoms with van der Waals surface area (Å²) in [5.74, 6) is -0.162. The van der Waals surface area contributed by atoms with E-state index in [9.17, 15) is 12.8 Å². The first-order valence-corrected chi connectivity index (χ1v) is 8.55. The number of alkyl halides is 1. The molecule has 112 valence electrons. The molecule has 1 aliphatic heterocycles. The minimum Gasteiger partial charge on any atom is -0.313 e. The highest BCUT2D eigenvalue weighted by Crippen LogP contribution is 2.30. The van der Waals surface area contributed by atoms with Crippen LogP contribution in [0.4, 0.5) is 4.39 Å². The second-order valence-electron chi connectivity index (χ2n) is 4.71. The topological polar surface area (TPSA) is 49.4 Å². The van der Waals surface area contributed by atoms with Gasteiger partial charge in [0.05, 0.1) is 18.5 Å². The fourth-order valence-corrected chi connectivity index (χ4v) is 4.30. The van der Waals surface area contributed by atoms with Gasteiger partial charge in [-0.15, -0.1) is 0 Å². The number of piperazine rings is 1. The van der Waals surface area contributed by atoms with Gasteiger partial charge >= 0.3 is 0 Å². The van der Waals surface area contributed by atoms with Gasteiger partial charge in [0.25, 0.3) is 0 Å². The molecule has 0 radical (unpaired) electrons. The molecule has 1 aromatic carbocycles. The van der Waals surface area contributed by atoms with E-state index in [0.29, 0.717) is 24.7 Å². The Morgan fingerprint density at radius 3 is 2.85 bits per heavy atom. The first kappa shape index (κ1) is 15.7. The van der Waals surface area contributed by atoms with Crippen molar-refractivity contribution in [2.24, 2.45) is 0 Å². The minimum atomic E-state index is -3.46. The van der Waals surface area contributed by atoms with Gasteiger partial charge < -0.3 is 5.32 Å². The van der Waals surface area contributed by atoms with Crippen molar-refractivity contribution in [3.8, 4) is 0 Å². The third-order valence-electron chi connectivity index (χ3n) is 3.35. The van der Waals surface area contributed by atoms with Gasteiger partial charge in [0.2, 0.25) is 10.0 Å². The van der Waals surface area contributed by atoms with Crippen LogP contribution in [0.5, 0.6) is 0 Å². The lowest BCUT2D eigenvalue weighted by Gasteiger charge is -2.35. The Balaban J connectivity index is 2.28. The predicted molar refractivity (Wildman–Crippen MR) is 78.1 cm³/mol. The zero-order chi connectivity index (χ0) is 14.6. The first-order valence-electron chi connectivity index (χ1n) is 6.57. The molecule has 0 aromatic heterocycles. The van der Waals surface area contributed by atoms with Gasteiger partial charge in [0.15, 0.2) is 0 Å². The lowest BCUT2D eigenvalue weighted by Crippen LogP contribution is -2.49. The molecule has 1 saturated heterocycles. The molecule has 0 saturated carbocycles. The second-order valence-corrected chi connectivity index (χ2v) is 7.16. The van der Waals surface area contributed by atoms with Crippen LogP contribution in [0, 0.1) is 0 Å². The summed E-state index contributed by atoms with van der Waals surface area (Å²) in [5, 5.41) is 3.73. The van der Waals surface area contributed by atoms with Crippen molar-refractivity contribution >= 4 is 21.6 Å². The van der Waals surface area contributed by atoms with E-state index >= 15 is 0 Å². The van der Waals surface area contributed by atoms with Crippen molar-refractivity contribution < 1.29 is 12.8 Å². The minimum absolute atomic E-state index is 0.0293. The number of sulfonamides is 1. The van der Waals surface area contributed by atoms with Gasteiger partial charge in [0, 0.05) is 24.7 Å². The summed E-state index contributed by atoms with van der Waals surface area (Å²) in [7, 11) is -3.46. The van der Waals surface area contributed by atoms with Crippen LogP contribution in [0.3, 0.4) is 0 Å². The zero-order valence-electron chi connectivity index (χ0n) is 11.1. The summed E-state index contributed by atoms with van der Waals surface area (Å²) in [6, 6.07) is 6.89. The van der Waals surface area contributed by atoms with E-state index in [1.54, 1.807) is 6.07 Å². The summed E-state index contributed by atoms with van der Waals surface area (Å²) in [5.41, 5.74) is 0.783. The smallest absolute Gasteiger partial charge is 0.214 e. The molecule has 2 rings (SSSR count). The largest absolute Gasteiger partial charge is 0.313 e. The number of halogens is 2. The standard InChI is InChI=1S/C13H18ClFN2O2S/c14-12-5-2-1-4-11(12)13-10-16-7-8-17(13)20(18,19)9-3-6-15/h1-2,4-5,13,16H,3,6-10H2. The number of hydrogen-bond acceptors (Lipinski definition) is 3. The lowest BCUT2D eigenvalue weighted by atomic mass is 10.1. The van der Waals surface area contributed by atoms with E-state index in [-0.39, 0.29) is 18.2 Å². The fourth-order valence-electron chi connectivity index (χ4n) is 2.38. The number of rotatable bonds is 5. The van der Waals surface area contributed by atoms with E-state index in [1.165, 1.54) is 4.31 Å². The van der Waals surface area contributed by atoms with Crippen LogP contribution in [0.2, 0.25) is 5.02 Å². The van der Waals surface area contributed by atoms with Crippen LogP contribution in [0.25, 0.3) is 0 Å². The molecule has 0 aliphatic carbocycles. The third-order valence-corrected chi connectivity index (χ3v) is 5.65. The monoisotopic (exact) mass is 320 g/mol. The third kappa shape index (κ3) is 3.49. The molecule has 1 aliphatic rings. The Labute approximate surface area is 124 Å². The van der Waals surface area contributed by atoms with Gasteiger partial charge in [-0.2, -0.15) is 4.31 Å². The Hall–Kier alpha value is -0.690. The van der Waals surface area contributed by atoms with Crippen molar-refractivity contribution in [2.75, 3.05) is 32.1 Å². The molecule has 1 unspecified atom stereocenters. The lowest BCUT2D eigenvalue weighted by molar-refractivity contribution is 0.271. The predicted octanol–water partition coefficient (Wildman–Crippen LogP) is 1.98. The maximum atomic E-state index is 12.3. The molecule has 1 fully saturated rings. The number of nitrogens with one attached hydrogen (secondary N) is 1. The van der Waals surface area contributed by atoms with Crippen molar-refractivity contribution in [1.29, 1.82) is 0 Å². The molecule has 1 atom stereocenters. The van der Waals surface area contributed by atoms with Gasteiger partial charge in [-0.05, 0) is 18.1 Å². The molecular weight excluding hydrogens is 303 g/mol. The van der Waals surface area contributed by atoms with Crippen molar-refractivity contribution in [1.82, 2.24) is 9.62 Å². The van der Waals surface area contributed by atoms with Crippen LogP contribution >= 0.6 is 11.6 Å². The Kier molecular flexibility index (Phi) is 5.37. The van der Waals surface area contributed by atoms with Crippen molar-refractivity contribution in [3.05, 3.63) is 34.9 Å². The molecule has 1 N–H and O–H groups in total. The summed E-state index contributed by atoms with van der Waals surface area (Å²) in [4.78, 5) is 0. The molecule has 1 heterocycles.